The van der Waals surface area contributed by atoms with Gasteiger partial charge in [0.1, 0.15) is 6.10 Å². The number of hydrogen-bond donors (Lipinski definition) is 2. The lowest BCUT2D eigenvalue weighted by Gasteiger charge is -2.23. The average Bonchev–Trinajstić information content (AvgIpc) is 2.93. The summed E-state index contributed by atoms with van der Waals surface area (Å²) in [6.07, 6.45) is -7.63. The molecule has 0 amide bonds. The van der Waals surface area contributed by atoms with Crippen molar-refractivity contribution >= 4 is 0 Å². The quantitative estimate of drug-likeness (QED) is 0.578. The van der Waals surface area contributed by atoms with Crippen LogP contribution < -0.4 is 0 Å². The van der Waals surface area contributed by atoms with E-state index in [-0.39, 0.29) is 0 Å². The zero-order valence-electron chi connectivity index (χ0n) is 12.2. The van der Waals surface area contributed by atoms with Crippen LogP contribution in [0.4, 0.5) is 0 Å². The normalized spacial score (nSPS) is 40.4. The van der Waals surface area contributed by atoms with Crippen molar-refractivity contribution in [3.63, 3.8) is 0 Å². The van der Waals surface area contributed by atoms with Gasteiger partial charge in [-0.25, -0.2) is 0 Å². The van der Waals surface area contributed by atoms with Crippen molar-refractivity contribution in [1.82, 2.24) is 0 Å². The Morgan fingerprint density at radius 2 is 1.83 bits per heavy atom. The molecule has 2 aliphatic rings. The molecule has 1 unspecified atom stereocenters. The van der Waals surface area contributed by atoms with Crippen molar-refractivity contribution in [1.29, 1.82) is 0 Å². The van der Waals surface area contributed by atoms with E-state index in [2.05, 4.69) is 0 Å². The van der Waals surface area contributed by atoms with Gasteiger partial charge in [0.05, 0.1) is 0 Å². The molecule has 2 heterocycles. The lowest BCUT2D eigenvalue weighted by atomic mass is 10.0. The summed E-state index contributed by atoms with van der Waals surface area (Å²) in [4.78, 5) is 10.4. The maximum atomic E-state index is 11.2. The topological polar surface area (TPSA) is 121 Å². The van der Waals surface area contributed by atoms with E-state index in [4.69, 9.17) is 18.9 Å². The molecule has 9 nitrogen and oxygen atoms in total. The zero-order valence-corrected chi connectivity index (χ0v) is 12.2. The molecule has 7 atom stereocenters. The molecule has 126 valence electrons. The molecule has 3 rings (SSSR count). The number of rotatable bonds is 3. The summed E-state index contributed by atoms with van der Waals surface area (Å²) in [6.45, 7) is 0. The van der Waals surface area contributed by atoms with Gasteiger partial charge in [-0.1, -0.05) is 30.3 Å². The fraction of sp³-hybridized carbons (Fsp3) is 0.571. The molecule has 2 fully saturated rings. The molecule has 9 heteroatoms. The van der Waals surface area contributed by atoms with E-state index in [1.54, 1.807) is 24.3 Å². The number of aliphatic hydroxyl groups excluding tert-OH is 2. The fourth-order valence-corrected chi connectivity index (χ4v) is 2.77. The highest BCUT2D eigenvalue weighted by Gasteiger charge is 2.56. The molecule has 2 N–H and O–H groups in total. The van der Waals surface area contributed by atoms with Crippen molar-refractivity contribution in [2.45, 2.75) is 43.2 Å². The van der Waals surface area contributed by atoms with Crippen LogP contribution in [0.15, 0.2) is 30.3 Å². The second-order valence-corrected chi connectivity index (χ2v) is 5.35. The average molecular weight is 327 g/mol. The lowest BCUT2D eigenvalue weighted by molar-refractivity contribution is -0.552. The Bertz CT molecular complexity index is 555. The van der Waals surface area contributed by atoms with Crippen LogP contribution in [-0.4, -0.2) is 59.2 Å². The largest absolute Gasteiger partial charge is 0.383 e. The molecule has 1 aromatic rings. The molecule has 0 aliphatic carbocycles. The highest BCUT2D eigenvalue weighted by Crippen LogP contribution is 2.37. The van der Waals surface area contributed by atoms with E-state index in [1.165, 1.54) is 7.11 Å². The van der Waals surface area contributed by atoms with Crippen LogP contribution >= 0.6 is 0 Å². The summed E-state index contributed by atoms with van der Waals surface area (Å²) < 4.78 is 21.5. The molecule has 23 heavy (non-hydrogen) atoms. The van der Waals surface area contributed by atoms with Gasteiger partial charge < -0.3 is 29.2 Å². The van der Waals surface area contributed by atoms with E-state index in [0.717, 1.165) is 0 Å². The predicted octanol–water partition coefficient (Wildman–Crippen LogP) is -0.204. The summed E-state index contributed by atoms with van der Waals surface area (Å²) in [6, 6.07) is 7.20. The van der Waals surface area contributed by atoms with Crippen molar-refractivity contribution in [3.8, 4) is 0 Å². The maximum Gasteiger partial charge on any atom is 0.271 e. The van der Waals surface area contributed by atoms with Gasteiger partial charge in [0.15, 0.2) is 31.1 Å². The van der Waals surface area contributed by atoms with Gasteiger partial charge in [-0.3, -0.25) is 10.1 Å². The number of aliphatic hydroxyl groups is 2. The second-order valence-electron chi connectivity index (χ2n) is 5.35. The first-order valence-corrected chi connectivity index (χ1v) is 7.06. The molecule has 0 radical (unpaired) electrons. The standard InChI is InChI=1S/C14H17NO8/c1-20-13-10(17)8(15(18)19)9(16)11-14(23-13)22-12(21-11)7-5-3-2-4-6-7/h2-6,8-14,16-17H,1H3/t8-,9+,10+,11+,12?,13+,14+/m1/s1. The summed E-state index contributed by atoms with van der Waals surface area (Å²) in [7, 11) is 1.24. The van der Waals surface area contributed by atoms with Crippen LogP contribution in [0.2, 0.25) is 0 Å². The van der Waals surface area contributed by atoms with Crippen molar-refractivity contribution < 1.29 is 34.1 Å². The van der Waals surface area contributed by atoms with Crippen LogP contribution in [0.1, 0.15) is 11.9 Å². The first kappa shape index (κ1) is 16.2. The smallest absolute Gasteiger partial charge is 0.271 e. The molecule has 0 spiro atoms. The third-order valence-corrected chi connectivity index (χ3v) is 3.94. The number of nitro groups is 1. The molecular formula is C14H17NO8. The van der Waals surface area contributed by atoms with Crippen LogP contribution in [-0.2, 0) is 18.9 Å². The van der Waals surface area contributed by atoms with Gasteiger partial charge in [0, 0.05) is 17.6 Å². The van der Waals surface area contributed by atoms with Gasteiger partial charge in [-0.15, -0.1) is 0 Å². The van der Waals surface area contributed by atoms with Crippen LogP contribution in [0.3, 0.4) is 0 Å². The first-order chi connectivity index (χ1) is 11.0. The lowest BCUT2D eigenvalue weighted by Crippen LogP contribution is -2.51. The number of ether oxygens (including phenoxy) is 4. The molecule has 0 saturated carbocycles. The minimum Gasteiger partial charge on any atom is -0.383 e. The highest BCUT2D eigenvalue weighted by atomic mass is 16.8. The number of nitrogens with zero attached hydrogens (tertiary/aromatic N) is 1. The van der Waals surface area contributed by atoms with Crippen molar-refractivity contribution in [2.75, 3.05) is 7.11 Å². The van der Waals surface area contributed by atoms with Crippen molar-refractivity contribution in [3.05, 3.63) is 46.0 Å². The molecule has 2 saturated heterocycles. The van der Waals surface area contributed by atoms with Gasteiger partial charge in [0.2, 0.25) is 0 Å². The van der Waals surface area contributed by atoms with Crippen LogP contribution in [0, 0.1) is 10.1 Å². The Balaban J connectivity index is 1.87. The Hall–Kier alpha value is -1.62. The number of methoxy groups -OCH3 is 1. The first-order valence-electron chi connectivity index (χ1n) is 7.06. The molecule has 0 bridgehead atoms. The van der Waals surface area contributed by atoms with Gasteiger partial charge in [0.25, 0.3) is 6.04 Å². The van der Waals surface area contributed by atoms with Crippen LogP contribution in [0.25, 0.3) is 0 Å². The van der Waals surface area contributed by atoms with Crippen molar-refractivity contribution in [2.24, 2.45) is 0 Å². The van der Waals surface area contributed by atoms with E-state index < -0.39 is 48.1 Å². The van der Waals surface area contributed by atoms with Gasteiger partial charge in [-0.2, -0.15) is 0 Å². The minimum atomic E-state index is -1.71. The van der Waals surface area contributed by atoms with E-state index >= 15 is 0 Å². The van der Waals surface area contributed by atoms with E-state index in [0.29, 0.717) is 5.56 Å². The number of benzene rings is 1. The Morgan fingerprint density at radius 3 is 2.43 bits per heavy atom. The number of fused-ring (bicyclic) bond motifs is 1. The van der Waals surface area contributed by atoms with E-state index in [1.807, 2.05) is 6.07 Å². The second kappa shape index (κ2) is 6.48. The Labute approximate surface area is 131 Å². The predicted molar refractivity (Wildman–Crippen MR) is 73.6 cm³/mol. The molecule has 0 aromatic heterocycles. The highest BCUT2D eigenvalue weighted by molar-refractivity contribution is 5.17. The van der Waals surface area contributed by atoms with E-state index in [9.17, 15) is 20.3 Å². The molecular weight excluding hydrogens is 310 g/mol. The van der Waals surface area contributed by atoms with Gasteiger partial charge >= 0.3 is 0 Å². The molecule has 2 aliphatic heterocycles. The minimum absolute atomic E-state index is 0.684. The maximum absolute atomic E-state index is 11.2. The fourth-order valence-electron chi connectivity index (χ4n) is 2.77. The monoisotopic (exact) mass is 327 g/mol. The summed E-state index contributed by atoms with van der Waals surface area (Å²) in [5.74, 6) is 0. The molecule has 1 aromatic carbocycles. The SMILES string of the molecule is CO[C@H]1O[C@@H]2OC(c3ccccc3)O[C@H]2[C@@H](O)[C@@H]([N+](=O)[O-])[C@@H]1O. The van der Waals surface area contributed by atoms with Gasteiger partial charge in [-0.05, 0) is 0 Å². The number of hydrogen-bond acceptors (Lipinski definition) is 8. The third-order valence-electron chi connectivity index (χ3n) is 3.94. The Kier molecular flexibility index (Phi) is 4.57. The van der Waals surface area contributed by atoms with Crippen LogP contribution in [0.5, 0.6) is 0 Å². The summed E-state index contributed by atoms with van der Waals surface area (Å²) in [5, 5.41) is 31.5. The summed E-state index contributed by atoms with van der Waals surface area (Å²) >= 11 is 0. The zero-order chi connectivity index (χ0) is 16.6. The summed E-state index contributed by atoms with van der Waals surface area (Å²) in [5.41, 5.74) is 0.684. The third kappa shape index (κ3) is 2.94. The Morgan fingerprint density at radius 1 is 1.13 bits per heavy atom.